The molecule has 0 atom stereocenters. The highest BCUT2D eigenvalue weighted by Gasteiger charge is 2.31. The monoisotopic (exact) mass is 484 g/mol. The van der Waals surface area contributed by atoms with E-state index in [4.69, 9.17) is 11.6 Å². The maximum absolute atomic E-state index is 12.8. The molecule has 11 heteroatoms. The number of carbonyl (C=O) groups excluding carboxylic acids is 1. The van der Waals surface area contributed by atoms with Crippen molar-refractivity contribution in [3.63, 3.8) is 0 Å². The van der Waals surface area contributed by atoms with Crippen LogP contribution in [-0.2, 0) is 21.0 Å². The molecule has 0 bridgehead atoms. The Kier molecular flexibility index (Phi) is 6.43. The lowest BCUT2D eigenvalue weighted by Crippen LogP contribution is -2.37. The molecule has 146 valence electrons. The SMILES string of the molecule is CS(=O)(=O)N(CC(=O)Nc1cc(C(F)(F)F)ccc1Cl)c1ccccc1Br. The van der Waals surface area contributed by atoms with Crippen LogP contribution in [0.15, 0.2) is 46.9 Å². The van der Waals surface area contributed by atoms with Gasteiger partial charge in [0.05, 0.1) is 28.2 Å². The molecule has 0 saturated heterocycles. The first kappa shape index (κ1) is 21.5. The van der Waals surface area contributed by atoms with Crippen molar-refractivity contribution in [3.8, 4) is 0 Å². The van der Waals surface area contributed by atoms with Gasteiger partial charge in [0.15, 0.2) is 0 Å². The minimum absolute atomic E-state index is 0.108. The molecule has 0 aliphatic heterocycles. The molecule has 27 heavy (non-hydrogen) atoms. The van der Waals surface area contributed by atoms with E-state index >= 15 is 0 Å². The summed E-state index contributed by atoms with van der Waals surface area (Å²) in [5.41, 5.74) is -1.05. The van der Waals surface area contributed by atoms with Crippen LogP contribution in [0.5, 0.6) is 0 Å². The standard InChI is InChI=1S/C16H13BrClF3N2O3S/c1-27(25,26)23(14-5-3-2-4-11(14)17)9-15(24)22-13-8-10(16(19,20)21)6-7-12(13)18/h2-8H,9H2,1H3,(H,22,24). The highest BCUT2D eigenvalue weighted by molar-refractivity contribution is 9.10. The van der Waals surface area contributed by atoms with Crippen molar-refractivity contribution in [2.45, 2.75) is 6.18 Å². The van der Waals surface area contributed by atoms with Crippen molar-refractivity contribution in [2.24, 2.45) is 0 Å². The zero-order valence-electron chi connectivity index (χ0n) is 13.7. The Morgan fingerprint density at radius 2 is 1.85 bits per heavy atom. The third-order valence-corrected chi connectivity index (χ3v) is 5.50. The molecule has 0 saturated carbocycles. The summed E-state index contributed by atoms with van der Waals surface area (Å²) in [7, 11) is -3.84. The van der Waals surface area contributed by atoms with Gasteiger partial charge in [-0.05, 0) is 46.3 Å². The number of halogens is 5. The van der Waals surface area contributed by atoms with Gasteiger partial charge in [-0.25, -0.2) is 8.42 Å². The molecule has 0 aliphatic carbocycles. The number of hydrogen-bond donors (Lipinski definition) is 1. The summed E-state index contributed by atoms with van der Waals surface area (Å²) in [6.45, 7) is -0.645. The number of sulfonamides is 1. The molecule has 0 aliphatic rings. The molecule has 2 aromatic rings. The number of para-hydroxylation sites is 1. The van der Waals surface area contributed by atoms with Gasteiger partial charge in [-0.2, -0.15) is 13.2 Å². The zero-order valence-corrected chi connectivity index (χ0v) is 16.9. The second-order valence-corrected chi connectivity index (χ2v) is 8.63. The van der Waals surface area contributed by atoms with Gasteiger partial charge >= 0.3 is 6.18 Å². The second-order valence-electron chi connectivity index (χ2n) is 5.46. The topological polar surface area (TPSA) is 66.5 Å². The Labute approximate surface area is 167 Å². The first-order valence-corrected chi connectivity index (χ1v) is 10.3. The van der Waals surface area contributed by atoms with E-state index in [0.717, 1.165) is 22.7 Å². The predicted octanol–water partition coefficient (Wildman–Crippen LogP) is 4.53. The molecule has 0 unspecified atom stereocenters. The lowest BCUT2D eigenvalue weighted by molar-refractivity contribution is -0.137. The molecule has 0 radical (unpaired) electrons. The van der Waals surface area contributed by atoms with Crippen LogP contribution in [0.1, 0.15) is 5.56 Å². The highest BCUT2D eigenvalue weighted by Crippen LogP contribution is 2.34. The van der Waals surface area contributed by atoms with Crippen LogP contribution in [0.3, 0.4) is 0 Å². The zero-order chi connectivity index (χ0) is 20.4. The van der Waals surface area contributed by atoms with Gasteiger partial charge < -0.3 is 5.32 Å². The highest BCUT2D eigenvalue weighted by atomic mass is 79.9. The van der Waals surface area contributed by atoms with Crippen molar-refractivity contribution >= 4 is 54.8 Å². The molecule has 1 amide bonds. The summed E-state index contributed by atoms with van der Waals surface area (Å²) >= 11 is 9.04. The number of hydrogen-bond acceptors (Lipinski definition) is 3. The van der Waals surface area contributed by atoms with E-state index in [-0.39, 0.29) is 16.4 Å². The van der Waals surface area contributed by atoms with E-state index in [1.807, 2.05) is 0 Å². The fourth-order valence-electron chi connectivity index (χ4n) is 2.15. The molecule has 2 rings (SSSR count). The third-order valence-electron chi connectivity index (χ3n) is 3.38. The van der Waals surface area contributed by atoms with Crippen LogP contribution in [0.25, 0.3) is 0 Å². The Hall–Kier alpha value is -1.78. The minimum Gasteiger partial charge on any atom is -0.323 e. The number of benzene rings is 2. The van der Waals surface area contributed by atoms with E-state index in [9.17, 15) is 26.4 Å². The van der Waals surface area contributed by atoms with Crippen molar-refractivity contribution in [1.82, 2.24) is 0 Å². The van der Waals surface area contributed by atoms with Crippen molar-refractivity contribution in [1.29, 1.82) is 0 Å². The Morgan fingerprint density at radius 1 is 1.22 bits per heavy atom. The molecule has 1 N–H and O–H groups in total. The first-order valence-electron chi connectivity index (χ1n) is 7.28. The van der Waals surface area contributed by atoms with Crippen molar-refractivity contribution < 1.29 is 26.4 Å². The third kappa shape index (κ3) is 5.60. The fraction of sp³-hybridized carbons (Fsp3) is 0.188. The lowest BCUT2D eigenvalue weighted by Gasteiger charge is -2.23. The molecule has 5 nitrogen and oxygen atoms in total. The fourth-order valence-corrected chi connectivity index (χ4v) is 3.80. The molecule has 0 heterocycles. The Bertz CT molecular complexity index is 968. The smallest absolute Gasteiger partial charge is 0.323 e. The Balaban J connectivity index is 2.29. The van der Waals surface area contributed by atoms with Crippen LogP contribution in [0.4, 0.5) is 24.5 Å². The summed E-state index contributed by atoms with van der Waals surface area (Å²) < 4.78 is 63.9. The molecule has 0 aromatic heterocycles. The Morgan fingerprint density at radius 3 is 2.41 bits per heavy atom. The van der Waals surface area contributed by atoms with Crippen LogP contribution < -0.4 is 9.62 Å². The maximum Gasteiger partial charge on any atom is 0.416 e. The maximum atomic E-state index is 12.8. The van der Waals surface area contributed by atoms with Crippen LogP contribution in [-0.4, -0.2) is 27.1 Å². The van der Waals surface area contributed by atoms with Crippen molar-refractivity contribution in [2.75, 3.05) is 22.4 Å². The number of carbonyl (C=O) groups is 1. The molecular formula is C16H13BrClF3N2O3S. The molecule has 2 aromatic carbocycles. The predicted molar refractivity (Wildman–Crippen MR) is 101 cm³/mol. The van der Waals surface area contributed by atoms with E-state index in [1.54, 1.807) is 18.2 Å². The van der Waals surface area contributed by atoms with E-state index < -0.39 is 34.2 Å². The number of nitrogens with zero attached hydrogens (tertiary/aromatic N) is 1. The molecule has 0 spiro atoms. The van der Waals surface area contributed by atoms with Gasteiger partial charge in [0.1, 0.15) is 6.54 Å². The summed E-state index contributed by atoms with van der Waals surface area (Å²) in [4.78, 5) is 12.3. The lowest BCUT2D eigenvalue weighted by atomic mass is 10.2. The number of nitrogens with one attached hydrogen (secondary N) is 1. The van der Waals surface area contributed by atoms with E-state index in [0.29, 0.717) is 10.5 Å². The van der Waals surface area contributed by atoms with Gasteiger partial charge in [0, 0.05) is 4.47 Å². The van der Waals surface area contributed by atoms with Crippen LogP contribution in [0.2, 0.25) is 5.02 Å². The number of alkyl halides is 3. The average molecular weight is 486 g/mol. The van der Waals surface area contributed by atoms with Gasteiger partial charge in [-0.1, -0.05) is 23.7 Å². The second kappa shape index (κ2) is 8.07. The summed E-state index contributed by atoms with van der Waals surface area (Å²) in [5, 5.41) is 2.11. The van der Waals surface area contributed by atoms with Gasteiger partial charge in [-0.3, -0.25) is 9.10 Å². The van der Waals surface area contributed by atoms with E-state index in [2.05, 4.69) is 21.2 Å². The average Bonchev–Trinajstić information content (AvgIpc) is 2.53. The van der Waals surface area contributed by atoms with Gasteiger partial charge in [-0.15, -0.1) is 0 Å². The summed E-state index contributed by atoms with van der Waals surface area (Å²) in [6, 6.07) is 8.79. The summed E-state index contributed by atoms with van der Waals surface area (Å²) in [6.07, 6.45) is -3.70. The molecule has 0 fully saturated rings. The number of amides is 1. The minimum atomic E-state index is -4.61. The van der Waals surface area contributed by atoms with Gasteiger partial charge in [0.25, 0.3) is 0 Å². The van der Waals surface area contributed by atoms with Crippen molar-refractivity contribution in [3.05, 3.63) is 57.5 Å². The number of anilines is 2. The molecular weight excluding hydrogens is 473 g/mol. The normalized spacial score (nSPS) is 11.9. The largest absolute Gasteiger partial charge is 0.416 e. The van der Waals surface area contributed by atoms with Crippen LogP contribution >= 0.6 is 27.5 Å². The van der Waals surface area contributed by atoms with E-state index in [1.165, 1.54) is 6.07 Å². The number of rotatable bonds is 5. The van der Waals surface area contributed by atoms with Crippen LogP contribution in [0, 0.1) is 0 Å². The quantitative estimate of drug-likeness (QED) is 0.677. The van der Waals surface area contributed by atoms with Gasteiger partial charge in [0.2, 0.25) is 15.9 Å². The summed E-state index contributed by atoms with van der Waals surface area (Å²) in [5.74, 6) is -0.850. The first-order chi connectivity index (χ1) is 12.4.